The molecule has 4 fully saturated rings. The summed E-state index contributed by atoms with van der Waals surface area (Å²) in [6.07, 6.45) is 12.6. The molecule has 0 spiro atoms. The van der Waals surface area contributed by atoms with Gasteiger partial charge >= 0.3 is 0 Å². The van der Waals surface area contributed by atoms with Crippen LogP contribution < -0.4 is 5.73 Å². The van der Waals surface area contributed by atoms with Crippen molar-refractivity contribution in [2.75, 3.05) is 19.8 Å². The predicted molar refractivity (Wildman–Crippen MR) is 112 cm³/mol. The fourth-order valence-electron chi connectivity index (χ4n) is 8.41. The lowest BCUT2D eigenvalue weighted by Crippen LogP contribution is -2.58. The maximum atomic E-state index is 6.36. The van der Waals surface area contributed by atoms with Crippen molar-refractivity contribution in [3.63, 3.8) is 0 Å². The van der Waals surface area contributed by atoms with Crippen LogP contribution in [0.4, 0.5) is 0 Å². The second-order valence-corrected chi connectivity index (χ2v) is 10.5. The fourth-order valence-corrected chi connectivity index (χ4v) is 8.41. The Morgan fingerprint density at radius 3 is 2.28 bits per heavy atom. The normalized spacial score (nSPS) is 44.4. The molecule has 0 aromatic rings. The molecule has 4 saturated carbocycles. The Balaban J connectivity index is 1.62. The standard InChI is InChI=1S/C24H43NO4/c1-4-26-28-22(29-27-5-2)24-13-8-10-21(24)18-15-17(16-25)19-9-6-7-12-23(19,3)20(18)11-14-24/h17-22H,4-16,25H2,1-3H3/t17-,18-,19?,20+,21+,23+,24-/m1/s1. The van der Waals surface area contributed by atoms with Crippen LogP contribution in [0.1, 0.15) is 85.0 Å². The molecular formula is C24H43NO4. The number of fused-ring (bicyclic) bond motifs is 5. The Morgan fingerprint density at radius 2 is 1.59 bits per heavy atom. The highest BCUT2D eigenvalue weighted by Crippen LogP contribution is 2.68. The minimum Gasteiger partial charge on any atom is -0.330 e. The van der Waals surface area contributed by atoms with E-state index in [9.17, 15) is 0 Å². The first-order valence-electron chi connectivity index (χ1n) is 12.4. The summed E-state index contributed by atoms with van der Waals surface area (Å²) in [4.78, 5) is 22.5. The van der Waals surface area contributed by atoms with Crippen molar-refractivity contribution < 1.29 is 19.6 Å². The Bertz CT molecular complexity index is 537. The highest BCUT2D eigenvalue weighted by molar-refractivity contribution is 5.10. The summed E-state index contributed by atoms with van der Waals surface area (Å²) >= 11 is 0. The molecule has 2 N–H and O–H groups in total. The van der Waals surface area contributed by atoms with Crippen molar-refractivity contribution in [3.05, 3.63) is 0 Å². The topological polar surface area (TPSA) is 62.9 Å². The molecule has 4 aliphatic rings. The van der Waals surface area contributed by atoms with E-state index in [0.717, 1.165) is 30.7 Å². The molecule has 7 atom stereocenters. The lowest BCUT2D eigenvalue weighted by Gasteiger charge is -2.62. The Morgan fingerprint density at radius 1 is 0.862 bits per heavy atom. The molecule has 0 heterocycles. The largest absolute Gasteiger partial charge is 0.330 e. The van der Waals surface area contributed by atoms with Crippen molar-refractivity contribution in [2.45, 2.75) is 91.3 Å². The van der Waals surface area contributed by atoms with E-state index in [0.29, 0.717) is 30.5 Å². The van der Waals surface area contributed by atoms with Gasteiger partial charge in [-0.2, -0.15) is 0 Å². The number of hydrogen-bond donors (Lipinski definition) is 1. The van der Waals surface area contributed by atoms with Crippen LogP contribution in [0.3, 0.4) is 0 Å². The molecule has 0 aromatic carbocycles. The van der Waals surface area contributed by atoms with Crippen molar-refractivity contribution in [3.8, 4) is 0 Å². The van der Waals surface area contributed by atoms with Crippen LogP contribution in [0.15, 0.2) is 0 Å². The molecule has 0 aliphatic heterocycles. The first-order valence-corrected chi connectivity index (χ1v) is 12.4. The molecule has 1 unspecified atom stereocenters. The van der Waals surface area contributed by atoms with Gasteiger partial charge < -0.3 is 5.73 Å². The number of hydrogen-bond acceptors (Lipinski definition) is 5. The molecule has 0 aromatic heterocycles. The maximum Gasteiger partial charge on any atom is 0.230 e. The van der Waals surface area contributed by atoms with E-state index in [4.69, 9.17) is 25.3 Å². The van der Waals surface area contributed by atoms with Crippen LogP contribution in [-0.2, 0) is 19.6 Å². The third-order valence-corrected chi connectivity index (χ3v) is 9.49. The molecule has 0 saturated heterocycles. The highest BCUT2D eigenvalue weighted by Gasteiger charge is 2.63. The molecule has 4 rings (SSSR count). The van der Waals surface area contributed by atoms with Gasteiger partial charge in [-0.3, -0.25) is 0 Å². The Labute approximate surface area is 177 Å². The molecule has 4 aliphatic carbocycles. The van der Waals surface area contributed by atoms with Gasteiger partial charge in [-0.25, -0.2) is 19.6 Å². The minimum absolute atomic E-state index is 0.0164. The van der Waals surface area contributed by atoms with E-state index < -0.39 is 6.29 Å². The summed E-state index contributed by atoms with van der Waals surface area (Å²) in [7, 11) is 0. The first-order chi connectivity index (χ1) is 14.1. The van der Waals surface area contributed by atoms with Crippen LogP contribution >= 0.6 is 0 Å². The average molecular weight is 410 g/mol. The Hall–Kier alpha value is -0.200. The second kappa shape index (κ2) is 9.12. The zero-order valence-electron chi connectivity index (χ0n) is 18.9. The van der Waals surface area contributed by atoms with Crippen LogP contribution in [0.25, 0.3) is 0 Å². The quantitative estimate of drug-likeness (QED) is 0.337. The molecule has 0 bridgehead atoms. The Kier molecular flexibility index (Phi) is 6.92. The lowest BCUT2D eigenvalue weighted by molar-refractivity contribution is -0.489. The van der Waals surface area contributed by atoms with E-state index >= 15 is 0 Å². The van der Waals surface area contributed by atoms with E-state index in [1.54, 1.807) is 0 Å². The predicted octanol–water partition coefficient (Wildman–Crippen LogP) is 5.24. The second-order valence-electron chi connectivity index (χ2n) is 10.5. The van der Waals surface area contributed by atoms with E-state index in [1.807, 2.05) is 13.8 Å². The van der Waals surface area contributed by atoms with Crippen molar-refractivity contribution in [2.24, 2.45) is 46.2 Å². The van der Waals surface area contributed by atoms with Gasteiger partial charge in [0.2, 0.25) is 6.29 Å². The zero-order valence-corrected chi connectivity index (χ0v) is 18.9. The third-order valence-electron chi connectivity index (χ3n) is 9.49. The van der Waals surface area contributed by atoms with E-state index in [-0.39, 0.29) is 5.41 Å². The van der Waals surface area contributed by atoms with Gasteiger partial charge in [-0.1, -0.05) is 26.2 Å². The summed E-state index contributed by atoms with van der Waals surface area (Å²) in [5.74, 6) is 3.69. The highest BCUT2D eigenvalue weighted by atomic mass is 17.3. The van der Waals surface area contributed by atoms with Gasteiger partial charge in [-0.05, 0) is 100 Å². The van der Waals surface area contributed by atoms with Gasteiger partial charge in [-0.15, -0.1) is 0 Å². The molecule has 5 heteroatoms. The van der Waals surface area contributed by atoms with Crippen LogP contribution in [0, 0.1) is 40.4 Å². The van der Waals surface area contributed by atoms with Gasteiger partial charge in [0.15, 0.2) is 0 Å². The summed E-state index contributed by atoms with van der Waals surface area (Å²) in [6, 6.07) is 0. The zero-order chi connectivity index (χ0) is 20.5. The van der Waals surface area contributed by atoms with Crippen molar-refractivity contribution >= 4 is 0 Å². The van der Waals surface area contributed by atoms with Gasteiger partial charge in [0.1, 0.15) is 0 Å². The maximum absolute atomic E-state index is 6.36. The first kappa shape index (κ1) is 22.0. The van der Waals surface area contributed by atoms with Crippen molar-refractivity contribution in [1.29, 1.82) is 0 Å². The van der Waals surface area contributed by atoms with Gasteiger partial charge in [0.25, 0.3) is 0 Å². The summed E-state index contributed by atoms with van der Waals surface area (Å²) in [6.45, 7) is 8.41. The smallest absolute Gasteiger partial charge is 0.230 e. The molecule has 0 radical (unpaired) electrons. The summed E-state index contributed by atoms with van der Waals surface area (Å²) in [5.41, 5.74) is 6.85. The lowest BCUT2D eigenvalue weighted by atomic mass is 9.43. The van der Waals surface area contributed by atoms with Gasteiger partial charge in [0.05, 0.1) is 13.2 Å². The average Bonchev–Trinajstić information content (AvgIpc) is 3.18. The van der Waals surface area contributed by atoms with Crippen molar-refractivity contribution in [1.82, 2.24) is 0 Å². The van der Waals surface area contributed by atoms with Gasteiger partial charge in [0, 0.05) is 5.41 Å². The van der Waals surface area contributed by atoms with E-state index in [2.05, 4.69) is 6.92 Å². The molecule has 29 heavy (non-hydrogen) atoms. The molecule has 5 nitrogen and oxygen atoms in total. The molecular weight excluding hydrogens is 366 g/mol. The summed E-state index contributed by atoms with van der Waals surface area (Å²) < 4.78 is 0. The molecule has 0 amide bonds. The molecule has 168 valence electrons. The third kappa shape index (κ3) is 3.69. The van der Waals surface area contributed by atoms with E-state index in [1.165, 1.54) is 57.8 Å². The number of nitrogens with two attached hydrogens (primary N) is 1. The monoisotopic (exact) mass is 409 g/mol. The van der Waals surface area contributed by atoms with Crippen LogP contribution in [0.2, 0.25) is 0 Å². The fraction of sp³-hybridized carbons (Fsp3) is 1.00. The van der Waals surface area contributed by atoms with Crippen LogP contribution in [-0.4, -0.2) is 26.0 Å². The van der Waals surface area contributed by atoms with Crippen LogP contribution in [0.5, 0.6) is 0 Å². The summed E-state index contributed by atoms with van der Waals surface area (Å²) in [5, 5.41) is 0. The minimum atomic E-state index is -0.427. The number of rotatable bonds is 8. The SMILES string of the molecule is CCOOC(OOCC)[C@@]12CCC[C@H]1[C@@H]1C[C@H](CN)C3CCCC[C@]3(C)[C@H]1CC2.